The molecule has 0 aliphatic carbocycles. The van der Waals surface area contributed by atoms with Gasteiger partial charge in [0, 0.05) is 43.4 Å². The smallest absolute Gasteiger partial charge is 0.226 e. The van der Waals surface area contributed by atoms with Gasteiger partial charge in [-0.2, -0.15) is 0 Å². The molecule has 5 nitrogen and oxygen atoms in total. The van der Waals surface area contributed by atoms with Crippen molar-refractivity contribution in [2.24, 2.45) is 0 Å². The Morgan fingerprint density at radius 2 is 2.00 bits per heavy atom. The number of piperidine rings is 1. The molecule has 3 aromatic rings. The number of hydrogen-bond donors (Lipinski definition) is 1. The molecule has 4 rings (SSSR count). The molecule has 1 aliphatic rings. The summed E-state index contributed by atoms with van der Waals surface area (Å²) in [5.74, 6) is 0.0762. The monoisotopic (exact) mass is 390 g/mol. The maximum absolute atomic E-state index is 12.3. The van der Waals surface area contributed by atoms with E-state index in [2.05, 4.69) is 45.5 Å². The first kappa shape index (κ1) is 18.9. The van der Waals surface area contributed by atoms with Crippen molar-refractivity contribution in [3.8, 4) is 0 Å². The van der Waals surface area contributed by atoms with Crippen LogP contribution < -0.4 is 5.32 Å². The topological polar surface area (TPSA) is 49.6 Å². The van der Waals surface area contributed by atoms with E-state index in [0.29, 0.717) is 6.42 Å². The Kier molecular flexibility index (Phi) is 6.29. The maximum atomic E-state index is 12.3. The van der Waals surface area contributed by atoms with E-state index in [1.165, 1.54) is 5.56 Å². The van der Waals surface area contributed by atoms with Crippen LogP contribution >= 0.6 is 23.7 Å². The van der Waals surface area contributed by atoms with E-state index >= 15 is 0 Å². The molecule has 7 heteroatoms. The lowest BCUT2D eigenvalue weighted by molar-refractivity contribution is -0.121. The standard InChI is InChI=1S/C19H22N4OS.ClH/c24-18(12-17-14-23-10-11-25-19(23)21-17)20-16-6-8-22(9-7-16)13-15-4-2-1-3-5-15;/h1-5,10-11,14,16H,6-9,12-13H2,(H,20,24);1H. The summed E-state index contributed by atoms with van der Waals surface area (Å²) in [6, 6.07) is 10.8. The van der Waals surface area contributed by atoms with Crippen LogP contribution in [0.4, 0.5) is 0 Å². The predicted molar refractivity (Wildman–Crippen MR) is 107 cm³/mol. The second kappa shape index (κ2) is 8.66. The minimum atomic E-state index is 0. The molecule has 1 amide bonds. The highest BCUT2D eigenvalue weighted by Crippen LogP contribution is 2.15. The van der Waals surface area contributed by atoms with Crippen LogP contribution in [0.25, 0.3) is 4.96 Å². The third kappa shape index (κ3) is 4.63. The van der Waals surface area contributed by atoms with Gasteiger partial charge in [0.25, 0.3) is 0 Å². The number of amides is 1. The van der Waals surface area contributed by atoms with Crippen molar-refractivity contribution in [1.29, 1.82) is 0 Å². The van der Waals surface area contributed by atoms with Crippen LogP contribution in [0.1, 0.15) is 24.1 Å². The van der Waals surface area contributed by atoms with Gasteiger partial charge >= 0.3 is 0 Å². The number of halogens is 1. The van der Waals surface area contributed by atoms with Crippen molar-refractivity contribution < 1.29 is 4.79 Å². The molecule has 1 fully saturated rings. The molecule has 0 bridgehead atoms. The molecule has 0 saturated carbocycles. The number of imidazole rings is 1. The number of carbonyl (C=O) groups is 1. The largest absolute Gasteiger partial charge is 0.353 e. The molecule has 138 valence electrons. The summed E-state index contributed by atoms with van der Waals surface area (Å²) in [6.07, 6.45) is 6.29. The number of aromatic nitrogens is 2. The first-order valence-electron chi connectivity index (χ1n) is 8.73. The Morgan fingerprint density at radius 3 is 2.73 bits per heavy atom. The fraction of sp³-hybridized carbons (Fsp3) is 0.368. The van der Waals surface area contributed by atoms with Crippen molar-refractivity contribution in [1.82, 2.24) is 19.6 Å². The number of hydrogen-bond acceptors (Lipinski definition) is 4. The average molecular weight is 391 g/mol. The molecular formula is C19H23ClN4OS. The minimum Gasteiger partial charge on any atom is -0.353 e. The molecule has 0 atom stereocenters. The Labute approximate surface area is 163 Å². The molecule has 1 aromatic carbocycles. The zero-order valence-electron chi connectivity index (χ0n) is 14.5. The number of rotatable bonds is 5. The molecule has 0 radical (unpaired) electrons. The lowest BCUT2D eigenvalue weighted by Crippen LogP contribution is -2.44. The fourth-order valence-electron chi connectivity index (χ4n) is 3.38. The SMILES string of the molecule is Cl.O=C(Cc1cn2ccsc2n1)NC1CCN(Cc2ccccc2)CC1. The Bertz CT molecular complexity index is 811. The van der Waals surface area contributed by atoms with Gasteiger partial charge in [0.1, 0.15) is 0 Å². The van der Waals surface area contributed by atoms with Gasteiger partial charge in [0.15, 0.2) is 4.96 Å². The van der Waals surface area contributed by atoms with E-state index in [1.54, 1.807) is 11.3 Å². The molecule has 1 aliphatic heterocycles. The van der Waals surface area contributed by atoms with Gasteiger partial charge in [0.05, 0.1) is 12.1 Å². The average Bonchev–Trinajstić information content (AvgIpc) is 3.19. The summed E-state index contributed by atoms with van der Waals surface area (Å²) in [7, 11) is 0. The summed E-state index contributed by atoms with van der Waals surface area (Å²) < 4.78 is 1.97. The van der Waals surface area contributed by atoms with Gasteiger partial charge in [0.2, 0.25) is 5.91 Å². The third-order valence-corrected chi connectivity index (χ3v) is 5.46. The van der Waals surface area contributed by atoms with Crippen LogP contribution in [0.5, 0.6) is 0 Å². The van der Waals surface area contributed by atoms with E-state index in [0.717, 1.165) is 43.1 Å². The summed E-state index contributed by atoms with van der Waals surface area (Å²) in [5.41, 5.74) is 2.19. The van der Waals surface area contributed by atoms with Crippen LogP contribution in [0.15, 0.2) is 48.1 Å². The normalized spacial score (nSPS) is 15.7. The fourth-order valence-corrected chi connectivity index (χ4v) is 4.10. The third-order valence-electron chi connectivity index (χ3n) is 4.69. The molecular weight excluding hydrogens is 368 g/mol. The zero-order chi connectivity index (χ0) is 17.1. The second-order valence-corrected chi connectivity index (χ2v) is 7.48. The number of benzene rings is 1. The van der Waals surface area contributed by atoms with Gasteiger partial charge < -0.3 is 5.32 Å². The molecule has 1 saturated heterocycles. The number of thiazole rings is 1. The Hall–Kier alpha value is -1.89. The summed E-state index contributed by atoms with van der Waals surface area (Å²) >= 11 is 1.59. The first-order valence-corrected chi connectivity index (χ1v) is 9.61. The first-order chi connectivity index (χ1) is 12.3. The van der Waals surface area contributed by atoms with Gasteiger partial charge in [-0.15, -0.1) is 23.7 Å². The maximum Gasteiger partial charge on any atom is 0.226 e. The van der Waals surface area contributed by atoms with Crippen LogP contribution in [0.2, 0.25) is 0 Å². The van der Waals surface area contributed by atoms with Crippen molar-refractivity contribution in [3.63, 3.8) is 0 Å². The number of likely N-dealkylation sites (tertiary alicyclic amines) is 1. The van der Waals surface area contributed by atoms with Crippen molar-refractivity contribution in [3.05, 3.63) is 59.4 Å². The van der Waals surface area contributed by atoms with Crippen LogP contribution in [-0.2, 0) is 17.8 Å². The quantitative estimate of drug-likeness (QED) is 0.728. The van der Waals surface area contributed by atoms with Crippen molar-refractivity contribution in [2.75, 3.05) is 13.1 Å². The number of carbonyl (C=O) groups excluding carboxylic acids is 1. The molecule has 3 heterocycles. The van der Waals surface area contributed by atoms with E-state index in [-0.39, 0.29) is 24.4 Å². The zero-order valence-corrected chi connectivity index (χ0v) is 16.1. The highest BCUT2D eigenvalue weighted by atomic mass is 35.5. The lowest BCUT2D eigenvalue weighted by atomic mass is 10.0. The minimum absolute atomic E-state index is 0. The molecule has 26 heavy (non-hydrogen) atoms. The summed E-state index contributed by atoms with van der Waals surface area (Å²) in [4.78, 5) is 20.2. The summed E-state index contributed by atoms with van der Waals surface area (Å²) in [6.45, 7) is 3.05. The summed E-state index contributed by atoms with van der Waals surface area (Å²) in [5, 5.41) is 5.17. The van der Waals surface area contributed by atoms with Crippen LogP contribution in [-0.4, -0.2) is 39.3 Å². The Balaban J connectivity index is 0.00000196. The van der Waals surface area contributed by atoms with Crippen LogP contribution in [0, 0.1) is 0 Å². The molecule has 0 unspecified atom stereocenters. The molecule has 2 aromatic heterocycles. The number of fused-ring (bicyclic) bond motifs is 1. The lowest BCUT2D eigenvalue weighted by Gasteiger charge is -2.32. The van der Waals surface area contributed by atoms with Gasteiger partial charge in [-0.25, -0.2) is 4.98 Å². The predicted octanol–water partition coefficient (Wildman–Crippen LogP) is 3.14. The van der Waals surface area contributed by atoms with E-state index in [4.69, 9.17) is 0 Å². The number of nitrogens with zero attached hydrogens (tertiary/aromatic N) is 3. The van der Waals surface area contributed by atoms with Gasteiger partial charge in [-0.1, -0.05) is 30.3 Å². The Morgan fingerprint density at radius 1 is 1.23 bits per heavy atom. The number of nitrogens with one attached hydrogen (secondary N) is 1. The van der Waals surface area contributed by atoms with Crippen molar-refractivity contribution in [2.45, 2.75) is 31.8 Å². The van der Waals surface area contributed by atoms with E-state index in [9.17, 15) is 4.79 Å². The van der Waals surface area contributed by atoms with E-state index in [1.807, 2.05) is 22.2 Å². The van der Waals surface area contributed by atoms with Gasteiger partial charge in [-0.05, 0) is 18.4 Å². The highest BCUT2D eigenvalue weighted by molar-refractivity contribution is 7.15. The van der Waals surface area contributed by atoms with Gasteiger partial charge in [-0.3, -0.25) is 14.1 Å². The van der Waals surface area contributed by atoms with Crippen molar-refractivity contribution >= 4 is 34.6 Å². The van der Waals surface area contributed by atoms with E-state index < -0.39 is 0 Å². The molecule has 0 spiro atoms. The second-order valence-electron chi connectivity index (χ2n) is 6.61. The van der Waals surface area contributed by atoms with Crippen LogP contribution in [0.3, 0.4) is 0 Å². The highest BCUT2D eigenvalue weighted by Gasteiger charge is 2.21. The molecule has 1 N–H and O–H groups in total.